The number of halogens is 3. The van der Waals surface area contributed by atoms with Crippen molar-refractivity contribution in [2.75, 3.05) is 6.61 Å². The van der Waals surface area contributed by atoms with E-state index in [0.717, 1.165) is 12.8 Å². The Morgan fingerprint density at radius 2 is 1.97 bits per heavy atom. The van der Waals surface area contributed by atoms with Crippen molar-refractivity contribution in [2.24, 2.45) is 5.41 Å². The lowest BCUT2D eigenvalue weighted by Crippen LogP contribution is -2.36. The topological polar surface area (TPSA) is 86.5 Å². The maximum atomic E-state index is 12.1. The summed E-state index contributed by atoms with van der Waals surface area (Å²) in [6, 6.07) is 0. The summed E-state index contributed by atoms with van der Waals surface area (Å²) in [4.78, 5) is 11.9. The van der Waals surface area contributed by atoms with Gasteiger partial charge in [-0.1, -0.05) is 6.58 Å². The van der Waals surface area contributed by atoms with Crippen LogP contribution in [-0.4, -0.2) is 41.3 Å². The highest BCUT2D eigenvalue weighted by atomic mass is 19.4. The third-order valence-electron chi connectivity index (χ3n) is 5.91. The predicted octanol–water partition coefficient (Wildman–Crippen LogP) is 3.37. The number of aromatic nitrogens is 2. The van der Waals surface area contributed by atoms with Gasteiger partial charge in [0.05, 0.1) is 12.2 Å². The molecular formula is C19H24F3N3O4. The fourth-order valence-corrected chi connectivity index (χ4v) is 3.94. The van der Waals surface area contributed by atoms with Crippen LogP contribution in [0.25, 0.3) is 0 Å². The molecule has 4 rings (SSSR count). The molecule has 10 heteroatoms. The van der Waals surface area contributed by atoms with Crippen LogP contribution in [0.4, 0.5) is 13.2 Å². The van der Waals surface area contributed by atoms with Gasteiger partial charge in [-0.05, 0) is 50.4 Å². The lowest BCUT2D eigenvalue weighted by Gasteiger charge is -2.35. The monoisotopic (exact) mass is 415 g/mol. The lowest BCUT2D eigenvalue weighted by atomic mass is 9.79. The Hall–Kier alpha value is -1.94. The first kappa shape index (κ1) is 20.3. The summed E-state index contributed by atoms with van der Waals surface area (Å²) >= 11 is 0. The Labute approximate surface area is 166 Å². The van der Waals surface area contributed by atoms with Gasteiger partial charge in [0.2, 0.25) is 17.7 Å². The summed E-state index contributed by atoms with van der Waals surface area (Å²) in [7, 11) is 0. The first-order chi connectivity index (χ1) is 13.7. The fourth-order valence-electron chi connectivity index (χ4n) is 3.94. The van der Waals surface area contributed by atoms with Gasteiger partial charge in [-0.15, -0.1) is 23.4 Å². The number of ether oxygens (including phenoxy) is 2. The van der Waals surface area contributed by atoms with Crippen molar-refractivity contribution in [1.82, 2.24) is 15.5 Å². The van der Waals surface area contributed by atoms with Crippen LogP contribution >= 0.6 is 0 Å². The molecular weight excluding hydrogens is 391 g/mol. The summed E-state index contributed by atoms with van der Waals surface area (Å²) in [6.45, 7) is 3.84. The number of carbonyl (C=O) groups is 1. The molecule has 29 heavy (non-hydrogen) atoms. The molecule has 1 spiro atoms. The van der Waals surface area contributed by atoms with Crippen molar-refractivity contribution < 1.29 is 31.9 Å². The molecule has 7 nitrogen and oxygen atoms in total. The van der Waals surface area contributed by atoms with Crippen molar-refractivity contribution in [3.05, 3.63) is 24.1 Å². The standard InChI is InChI=1S/C19H24F3N3O4/c1-11(23-15(26)10-27-14-8-18(9-14)4-5-18)2-3-16-24-25-17(28-16)12-6-13(7-12)29-19(20,21)22/h12-14H,1-10H2,(H,23,26)/t12-,13+. The Morgan fingerprint density at radius 3 is 2.62 bits per heavy atom. The van der Waals surface area contributed by atoms with Crippen molar-refractivity contribution in [3.63, 3.8) is 0 Å². The summed E-state index contributed by atoms with van der Waals surface area (Å²) in [5, 5.41) is 10.5. The highest BCUT2D eigenvalue weighted by Gasteiger charge is 2.53. The zero-order chi connectivity index (χ0) is 20.6. The first-order valence-electron chi connectivity index (χ1n) is 9.86. The van der Waals surface area contributed by atoms with Crippen LogP contribution < -0.4 is 5.32 Å². The van der Waals surface area contributed by atoms with E-state index in [1.807, 2.05) is 0 Å². The summed E-state index contributed by atoms with van der Waals surface area (Å²) in [5.74, 6) is 0.225. The maximum Gasteiger partial charge on any atom is 0.522 e. The Kier molecular flexibility index (Phi) is 5.41. The van der Waals surface area contributed by atoms with Crippen molar-refractivity contribution >= 4 is 5.91 Å². The molecule has 1 aromatic heterocycles. The van der Waals surface area contributed by atoms with E-state index in [1.54, 1.807) is 0 Å². The van der Waals surface area contributed by atoms with Crippen molar-refractivity contribution in [3.8, 4) is 0 Å². The van der Waals surface area contributed by atoms with E-state index in [1.165, 1.54) is 12.8 Å². The van der Waals surface area contributed by atoms with Crippen LogP contribution in [0, 0.1) is 5.41 Å². The van der Waals surface area contributed by atoms with E-state index in [0.29, 0.717) is 35.7 Å². The second kappa shape index (κ2) is 7.71. The summed E-state index contributed by atoms with van der Waals surface area (Å²) in [6.07, 6.45) is 0.614. The lowest BCUT2D eigenvalue weighted by molar-refractivity contribution is -0.352. The Morgan fingerprint density at radius 1 is 1.24 bits per heavy atom. The van der Waals surface area contributed by atoms with E-state index >= 15 is 0 Å². The number of allylic oxidation sites excluding steroid dienone is 1. The van der Waals surface area contributed by atoms with E-state index in [-0.39, 0.29) is 37.4 Å². The molecule has 3 saturated carbocycles. The van der Waals surface area contributed by atoms with E-state index in [9.17, 15) is 18.0 Å². The van der Waals surface area contributed by atoms with E-state index in [4.69, 9.17) is 9.15 Å². The molecule has 0 aromatic carbocycles. The minimum atomic E-state index is -4.62. The second-order valence-corrected chi connectivity index (χ2v) is 8.38. The number of amides is 1. The Balaban J connectivity index is 1.11. The molecule has 0 bridgehead atoms. The molecule has 3 fully saturated rings. The summed E-state index contributed by atoms with van der Waals surface area (Å²) in [5.41, 5.74) is 1.06. The molecule has 0 aliphatic heterocycles. The molecule has 1 aromatic rings. The smallest absolute Gasteiger partial charge is 0.425 e. The summed E-state index contributed by atoms with van der Waals surface area (Å²) < 4.78 is 51.5. The number of hydrogen-bond donors (Lipinski definition) is 1. The normalized spacial score (nSPS) is 25.3. The third-order valence-corrected chi connectivity index (χ3v) is 5.91. The zero-order valence-electron chi connectivity index (χ0n) is 16.0. The largest absolute Gasteiger partial charge is 0.522 e. The predicted molar refractivity (Wildman–Crippen MR) is 93.4 cm³/mol. The number of nitrogens with zero attached hydrogens (tertiary/aromatic N) is 2. The van der Waals surface area contributed by atoms with Gasteiger partial charge in [0.25, 0.3) is 0 Å². The Bertz CT molecular complexity index is 761. The molecule has 0 atom stereocenters. The van der Waals surface area contributed by atoms with Crippen LogP contribution in [0.2, 0.25) is 0 Å². The molecule has 0 unspecified atom stereocenters. The molecule has 0 saturated heterocycles. The second-order valence-electron chi connectivity index (χ2n) is 8.38. The van der Waals surface area contributed by atoms with Gasteiger partial charge < -0.3 is 14.5 Å². The van der Waals surface area contributed by atoms with Crippen molar-refractivity contribution in [1.29, 1.82) is 0 Å². The van der Waals surface area contributed by atoms with Crippen molar-refractivity contribution in [2.45, 2.75) is 75.9 Å². The van der Waals surface area contributed by atoms with Gasteiger partial charge in [-0.2, -0.15) is 0 Å². The average molecular weight is 415 g/mol. The number of rotatable bonds is 9. The van der Waals surface area contributed by atoms with Crippen LogP contribution in [0.1, 0.15) is 62.6 Å². The fraction of sp³-hybridized carbons (Fsp3) is 0.737. The molecule has 160 valence electrons. The highest BCUT2D eigenvalue weighted by molar-refractivity contribution is 5.78. The van der Waals surface area contributed by atoms with Gasteiger partial charge in [0.1, 0.15) is 6.61 Å². The van der Waals surface area contributed by atoms with Crippen LogP contribution in [-0.2, 0) is 20.7 Å². The molecule has 1 heterocycles. The minimum absolute atomic E-state index is 0.0211. The molecule has 0 radical (unpaired) electrons. The third kappa shape index (κ3) is 5.36. The number of alkyl halides is 3. The van der Waals surface area contributed by atoms with E-state index < -0.39 is 12.5 Å². The van der Waals surface area contributed by atoms with Crippen LogP contribution in [0.3, 0.4) is 0 Å². The average Bonchev–Trinajstić information content (AvgIpc) is 3.23. The highest BCUT2D eigenvalue weighted by Crippen LogP contribution is 2.61. The number of hydrogen-bond acceptors (Lipinski definition) is 6. The molecule has 3 aliphatic carbocycles. The number of aryl methyl sites for hydroxylation is 1. The number of nitrogens with one attached hydrogen (secondary N) is 1. The van der Waals surface area contributed by atoms with Gasteiger partial charge in [0.15, 0.2) is 0 Å². The maximum absolute atomic E-state index is 12.1. The zero-order valence-corrected chi connectivity index (χ0v) is 16.0. The quantitative estimate of drug-likeness (QED) is 0.666. The molecule has 1 N–H and O–H groups in total. The van der Waals surface area contributed by atoms with Gasteiger partial charge in [-0.3, -0.25) is 9.53 Å². The number of carbonyl (C=O) groups excluding carboxylic acids is 1. The van der Waals surface area contributed by atoms with Gasteiger partial charge in [0, 0.05) is 18.0 Å². The molecule has 3 aliphatic rings. The SMILES string of the molecule is C=C(CCc1nnc([C@H]2C[C@@H](OC(F)(F)F)C2)o1)NC(=O)COC1CC2(CC2)C1. The minimum Gasteiger partial charge on any atom is -0.425 e. The van der Waals surface area contributed by atoms with E-state index in [2.05, 4.69) is 26.8 Å². The molecule has 1 amide bonds. The van der Waals surface area contributed by atoms with Gasteiger partial charge >= 0.3 is 6.36 Å². The first-order valence-corrected chi connectivity index (χ1v) is 9.86. The van der Waals surface area contributed by atoms with Crippen LogP contribution in [0.5, 0.6) is 0 Å². The van der Waals surface area contributed by atoms with Crippen LogP contribution in [0.15, 0.2) is 16.7 Å². The van der Waals surface area contributed by atoms with Gasteiger partial charge in [-0.25, -0.2) is 0 Å².